The van der Waals surface area contributed by atoms with Gasteiger partial charge in [0.1, 0.15) is 18.9 Å². The van der Waals surface area contributed by atoms with Gasteiger partial charge in [0.05, 0.1) is 0 Å². The van der Waals surface area contributed by atoms with Crippen LogP contribution in [0.4, 0.5) is 5.69 Å². The lowest BCUT2D eigenvalue weighted by Crippen LogP contribution is -2.18. The third-order valence-electron chi connectivity index (χ3n) is 5.14. The number of ether oxygens (including phenoxy) is 1. The van der Waals surface area contributed by atoms with Gasteiger partial charge in [-0.25, -0.2) is 0 Å². The Labute approximate surface area is 173 Å². The van der Waals surface area contributed by atoms with Crippen molar-refractivity contribution >= 4 is 33.4 Å². The van der Waals surface area contributed by atoms with Crippen LogP contribution in [-0.4, -0.2) is 15.5 Å². The number of carbonyl (C=O) groups is 1. The van der Waals surface area contributed by atoms with Crippen LogP contribution in [0.15, 0.2) is 91.3 Å². The number of hydrogen-bond donors (Lipinski definition) is 2. The predicted octanol–water partition coefficient (Wildman–Crippen LogP) is 5.34. The molecule has 0 bridgehead atoms. The molecule has 0 saturated carbocycles. The van der Waals surface area contributed by atoms with Gasteiger partial charge in [-0.1, -0.05) is 30.3 Å². The van der Waals surface area contributed by atoms with Gasteiger partial charge in [-0.3, -0.25) is 4.79 Å². The van der Waals surface area contributed by atoms with Crippen molar-refractivity contribution < 1.29 is 9.53 Å². The largest absolute Gasteiger partial charge is 0.489 e. The molecule has 148 valence electrons. The summed E-state index contributed by atoms with van der Waals surface area (Å²) in [5.74, 6) is 0.750. The maximum Gasteiger partial charge on any atom is 0.244 e. The lowest BCUT2D eigenvalue weighted by molar-refractivity contribution is -0.116. The number of anilines is 1. The molecule has 5 rings (SSSR count). The van der Waals surface area contributed by atoms with Crippen LogP contribution < -0.4 is 10.1 Å². The predicted molar refractivity (Wildman–Crippen MR) is 120 cm³/mol. The van der Waals surface area contributed by atoms with Crippen molar-refractivity contribution in [2.45, 2.75) is 13.2 Å². The maximum atomic E-state index is 12.6. The Hall–Kier alpha value is -3.99. The van der Waals surface area contributed by atoms with E-state index in [-0.39, 0.29) is 12.5 Å². The summed E-state index contributed by atoms with van der Waals surface area (Å²) in [5.41, 5.74) is 3.97. The quantitative estimate of drug-likeness (QED) is 0.408. The van der Waals surface area contributed by atoms with E-state index in [0.717, 1.165) is 38.8 Å². The highest BCUT2D eigenvalue weighted by Gasteiger charge is 2.08. The highest BCUT2D eigenvalue weighted by Crippen LogP contribution is 2.23. The van der Waals surface area contributed by atoms with Crippen LogP contribution >= 0.6 is 0 Å². The Morgan fingerprint density at radius 3 is 2.73 bits per heavy atom. The summed E-state index contributed by atoms with van der Waals surface area (Å²) in [7, 11) is 0. The molecule has 0 spiro atoms. The summed E-state index contributed by atoms with van der Waals surface area (Å²) < 4.78 is 7.85. The van der Waals surface area contributed by atoms with Crippen molar-refractivity contribution in [1.82, 2.24) is 9.55 Å². The SMILES string of the molecule is O=C(Cn1ccc2cc(OCc3ccccc3)ccc21)Nc1ccc2[nH]ccc2c1. The van der Waals surface area contributed by atoms with Gasteiger partial charge in [0.15, 0.2) is 0 Å². The maximum absolute atomic E-state index is 12.6. The van der Waals surface area contributed by atoms with Gasteiger partial charge < -0.3 is 19.6 Å². The number of H-pyrrole nitrogens is 1. The van der Waals surface area contributed by atoms with Gasteiger partial charge in [0.2, 0.25) is 5.91 Å². The van der Waals surface area contributed by atoms with E-state index in [1.807, 2.05) is 95.8 Å². The van der Waals surface area contributed by atoms with E-state index >= 15 is 0 Å². The Bertz CT molecular complexity index is 1320. The van der Waals surface area contributed by atoms with Crippen LogP contribution in [0, 0.1) is 0 Å². The number of benzene rings is 3. The van der Waals surface area contributed by atoms with Gasteiger partial charge in [0, 0.05) is 39.9 Å². The van der Waals surface area contributed by atoms with Crippen LogP contribution in [0.1, 0.15) is 5.56 Å². The Kier molecular flexibility index (Phi) is 4.69. The van der Waals surface area contributed by atoms with Gasteiger partial charge in [-0.05, 0) is 54.1 Å². The van der Waals surface area contributed by atoms with Crippen LogP contribution in [0.3, 0.4) is 0 Å². The second-order valence-electron chi connectivity index (χ2n) is 7.27. The fraction of sp³-hybridized carbons (Fsp3) is 0.0800. The molecule has 0 aliphatic heterocycles. The Morgan fingerprint density at radius 1 is 0.933 bits per heavy atom. The fourth-order valence-electron chi connectivity index (χ4n) is 3.63. The molecule has 0 atom stereocenters. The minimum Gasteiger partial charge on any atom is -0.489 e. The van der Waals surface area contributed by atoms with E-state index in [2.05, 4.69) is 10.3 Å². The molecule has 3 aromatic carbocycles. The molecule has 0 unspecified atom stereocenters. The summed E-state index contributed by atoms with van der Waals surface area (Å²) in [5, 5.41) is 5.09. The average molecular weight is 395 g/mol. The number of rotatable bonds is 6. The first-order chi connectivity index (χ1) is 14.7. The van der Waals surface area contributed by atoms with E-state index in [4.69, 9.17) is 4.74 Å². The zero-order valence-corrected chi connectivity index (χ0v) is 16.3. The number of amides is 1. The van der Waals surface area contributed by atoms with E-state index in [0.29, 0.717) is 6.61 Å². The number of aromatic amines is 1. The highest BCUT2D eigenvalue weighted by molar-refractivity contribution is 5.94. The van der Waals surface area contributed by atoms with Crippen molar-refractivity contribution in [2.75, 3.05) is 5.32 Å². The lowest BCUT2D eigenvalue weighted by Gasteiger charge is -2.09. The third-order valence-corrected chi connectivity index (χ3v) is 5.14. The van der Waals surface area contributed by atoms with Crippen molar-refractivity contribution in [1.29, 1.82) is 0 Å². The number of aromatic nitrogens is 2. The number of nitrogens with one attached hydrogen (secondary N) is 2. The first-order valence-corrected chi connectivity index (χ1v) is 9.87. The molecule has 0 aliphatic rings. The van der Waals surface area contributed by atoms with Gasteiger partial charge in [-0.15, -0.1) is 0 Å². The first kappa shape index (κ1) is 18.1. The van der Waals surface area contributed by atoms with Crippen LogP contribution in [0.25, 0.3) is 21.8 Å². The van der Waals surface area contributed by atoms with Crippen LogP contribution in [0.2, 0.25) is 0 Å². The number of carbonyl (C=O) groups excluding carboxylic acids is 1. The second-order valence-corrected chi connectivity index (χ2v) is 7.27. The molecule has 2 aromatic heterocycles. The minimum atomic E-state index is -0.0632. The summed E-state index contributed by atoms with van der Waals surface area (Å²) >= 11 is 0. The van der Waals surface area contributed by atoms with E-state index in [1.165, 1.54) is 0 Å². The van der Waals surface area contributed by atoms with E-state index in [9.17, 15) is 4.79 Å². The normalized spacial score (nSPS) is 11.1. The molecule has 2 N–H and O–H groups in total. The van der Waals surface area contributed by atoms with Crippen LogP contribution in [-0.2, 0) is 17.9 Å². The second kappa shape index (κ2) is 7.79. The summed E-state index contributed by atoms with van der Waals surface area (Å²) in [4.78, 5) is 15.7. The summed E-state index contributed by atoms with van der Waals surface area (Å²) in [6.45, 7) is 0.778. The van der Waals surface area contributed by atoms with Crippen molar-refractivity contribution in [3.63, 3.8) is 0 Å². The Balaban J connectivity index is 1.26. The molecule has 30 heavy (non-hydrogen) atoms. The molecule has 0 aliphatic carbocycles. The van der Waals surface area contributed by atoms with E-state index < -0.39 is 0 Å². The standard InChI is InChI=1S/C25H21N3O2/c29-25(27-21-6-8-23-19(14-21)10-12-26-23)16-28-13-11-20-15-22(7-9-24(20)28)30-17-18-4-2-1-3-5-18/h1-15,26H,16-17H2,(H,27,29). The average Bonchev–Trinajstić information content (AvgIpc) is 3.39. The highest BCUT2D eigenvalue weighted by atomic mass is 16.5. The molecule has 0 radical (unpaired) electrons. The molecule has 5 aromatic rings. The zero-order chi connectivity index (χ0) is 20.3. The van der Waals surface area contributed by atoms with Crippen molar-refractivity contribution in [3.05, 3.63) is 96.8 Å². The third kappa shape index (κ3) is 3.78. The molecular formula is C25H21N3O2. The number of hydrogen-bond acceptors (Lipinski definition) is 2. The Morgan fingerprint density at radius 2 is 1.83 bits per heavy atom. The molecule has 2 heterocycles. The van der Waals surface area contributed by atoms with Gasteiger partial charge in [0.25, 0.3) is 0 Å². The van der Waals surface area contributed by atoms with Gasteiger partial charge >= 0.3 is 0 Å². The smallest absolute Gasteiger partial charge is 0.244 e. The minimum absolute atomic E-state index is 0.0632. The molecule has 0 saturated heterocycles. The summed E-state index contributed by atoms with van der Waals surface area (Å²) in [6, 6.07) is 25.9. The monoisotopic (exact) mass is 395 g/mol. The van der Waals surface area contributed by atoms with Crippen molar-refractivity contribution in [2.24, 2.45) is 0 Å². The molecule has 5 heteroatoms. The number of nitrogens with zero attached hydrogens (tertiary/aromatic N) is 1. The summed E-state index contributed by atoms with van der Waals surface area (Å²) in [6.07, 6.45) is 3.82. The first-order valence-electron chi connectivity index (χ1n) is 9.87. The number of fused-ring (bicyclic) bond motifs is 2. The molecule has 5 nitrogen and oxygen atoms in total. The fourth-order valence-corrected chi connectivity index (χ4v) is 3.63. The van der Waals surface area contributed by atoms with Gasteiger partial charge in [-0.2, -0.15) is 0 Å². The topological polar surface area (TPSA) is 59.0 Å². The van der Waals surface area contributed by atoms with Crippen molar-refractivity contribution in [3.8, 4) is 5.75 Å². The molecule has 0 fully saturated rings. The molecular weight excluding hydrogens is 374 g/mol. The lowest BCUT2D eigenvalue weighted by atomic mass is 10.2. The zero-order valence-electron chi connectivity index (χ0n) is 16.3. The van der Waals surface area contributed by atoms with E-state index in [1.54, 1.807) is 0 Å². The molecule has 1 amide bonds. The van der Waals surface area contributed by atoms with Crippen LogP contribution in [0.5, 0.6) is 5.75 Å².